The number of piperidine rings is 1. The summed E-state index contributed by atoms with van der Waals surface area (Å²) in [5, 5.41) is 20.1. The van der Waals surface area contributed by atoms with Crippen LogP contribution < -0.4 is 15.5 Å². The van der Waals surface area contributed by atoms with Crippen LogP contribution in [0.3, 0.4) is 0 Å². The third-order valence-electron chi connectivity index (χ3n) is 6.53. The Hall–Kier alpha value is -4.72. The summed E-state index contributed by atoms with van der Waals surface area (Å²) >= 11 is 0. The number of likely N-dealkylation sites (tertiary alicyclic amines) is 1. The van der Waals surface area contributed by atoms with Gasteiger partial charge in [-0.3, -0.25) is 24.6 Å². The molecule has 0 spiro atoms. The molecule has 1 saturated heterocycles. The Kier molecular flexibility index (Phi) is 10.4. The summed E-state index contributed by atoms with van der Waals surface area (Å²) < 4.78 is 37.7. The van der Waals surface area contributed by atoms with E-state index >= 15 is 0 Å². The van der Waals surface area contributed by atoms with Crippen LogP contribution in [0.25, 0.3) is 10.9 Å². The van der Waals surface area contributed by atoms with Crippen molar-refractivity contribution in [1.29, 1.82) is 0 Å². The Bertz CT molecular complexity index is 1450. The number of benzene rings is 2. The summed E-state index contributed by atoms with van der Waals surface area (Å²) in [6, 6.07) is 16.9. The summed E-state index contributed by atoms with van der Waals surface area (Å²) in [5.74, 6) is -4.81. The maximum Gasteiger partial charge on any atom is 0.490 e. The molecule has 0 bridgehead atoms. The molecule has 224 valence electrons. The van der Waals surface area contributed by atoms with Crippen molar-refractivity contribution in [3.8, 4) is 5.75 Å². The van der Waals surface area contributed by atoms with Crippen LogP contribution in [0.4, 0.5) is 18.9 Å². The van der Waals surface area contributed by atoms with E-state index < -0.39 is 29.9 Å². The highest BCUT2D eigenvalue weighted by atomic mass is 19.4. The zero-order valence-electron chi connectivity index (χ0n) is 22.6. The molecule has 0 aliphatic carbocycles. The lowest BCUT2D eigenvalue weighted by Gasteiger charge is -2.36. The fraction of sp³-hybridized carbons (Fsp3) is 0.321. The highest BCUT2D eigenvalue weighted by molar-refractivity contribution is 5.96. The zero-order valence-corrected chi connectivity index (χ0v) is 22.6. The van der Waals surface area contributed by atoms with Gasteiger partial charge < -0.3 is 20.1 Å². The van der Waals surface area contributed by atoms with Crippen molar-refractivity contribution >= 4 is 40.3 Å². The lowest BCUT2D eigenvalue weighted by molar-refractivity contribution is -0.192. The van der Waals surface area contributed by atoms with Crippen LogP contribution >= 0.6 is 0 Å². The predicted molar refractivity (Wildman–Crippen MR) is 143 cm³/mol. The number of aromatic nitrogens is 1. The quantitative estimate of drug-likeness (QED) is 0.250. The number of nitrogens with zero attached hydrogens (tertiary/aromatic N) is 2. The van der Waals surface area contributed by atoms with Crippen molar-refractivity contribution in [2.24, 2.45) is 11.8 Å². The molecule has 4 N–H and O–H groups in total. The molecule has 14 heteroatoms. The van der Waals surface area contributed by atoms with Gasteiger partial charge in [0.2, 0.25) is 17.7 Å². The Morgan fingerprint density at radius 1 is 1.05 bits per heavy atom. The third kappa shape index (κ3) is 8.39. The standard InChI is InChI=1S/C26H28N4O5.C2HF3O2/c1-16-13-18(21-5-3-4-6-24(21)27-16)15-35-20-9-7-19(8-10-20)28-25(32)22-11-12-30(17(2)31)14-23(22)26(33)29-34;3-2(4,5)1(6)7/h3-10,13,22-23,34H,11-12,14-15H2,1-2H3,(H,28,32)(H,29,33);(H,6,7)/t22-,23-;/m0./s1. The van der Waals surface area contributed by atoms with Crippen LogP contribution in [-0.4, -0.2) is 63.2 Å². The van der Waals surface area contributed by atoms with Crippen LogP contribution in [-0.2, 0) is 25.8 Å². The summed E-state index contributed by atoms with van der Waals surface area (Å²) in [7, 11) is 0. The number of halogens is 3. The molecule has 3 amide bonds. The van der Waals surface area contributed by atoms with Gasteiger partial charge in [0.1, 0.15) is 12.4 Å². The monoisotopic (exact) mass is 590 g/mol. The Balaban J connectivity index is 0.000000616. The van der Waals surface area contributed by atoms with E-state index in [1.807, 2.05) is 37.3 Å². The van der Waals surface area contributed by atoms with Crippen LogP contribution in [0, 0.1) is 18.8 Å². The normalized spacial score (nSPS) is 16.6. The van der Waals surface area contributed by atoms with Crippen LogP contribution in [0.5, 0.6) is 5.75 Å². The Labute approximate surface area is 238 Å². The number of hydroxylamine groups is 1. The number of ether oxygens (including phenoxy) is 1. The summed E-state index contributed by atoms with van der Waals surface area (Å²) in [6.07, 6.45) is -4.76. The molecule has 0 saturated carbocycles. The molecule has 0 unspecified atom stereocenters. The molecule has 1 aromatic heterocycles. The first-order valence-electron chi connectivity index (χ1n) is 12.7. The highest BCUT2D eigenvalue weighted by Crippen LogP contribution is 2.27. The van der Waals surface area contributed by atoms with Gasteiger partial charge in [0.05, 0.1) is 17.4 Å². The third-order valence-corrected chi connectivity index (χ3v) is 6.53. The van der Waals surface area contributed by atoms with E-state index in [2.05, 4.69) is 10.3 Å². The first kappa shape index (κ1) is 31.8. The van der Waals surface area contributed by atoms with E-state index in [1.165, 1.54) is 11.8 Å². The second-order valence-electron chi connectivity index (χ2n) is 9.49. The van der Waals surface area contributed by atoms with Gasteiger partial charge in [0, 0.05) is 42.3 Å². The van der Waals surface area contributed by atoms with Gasteiger partial charge in [-0.2, -0.15) is 13.2 Å². The van der Waals surface area contributed by atoms with E-state index in [4.69, 9.17) is 19.8 Å². The summed E-state index contributed by atoms with van der Waals surface area (Å²) in [6.45, 7) is 4.19. The molecule has 2 heterocycles. The molecule has 42 heavy (non-hydrogen) atoms. The minimum Gasteiger partial charge on any atom is -0.489 e. The predicted octanol–water partition coefficient (Wildman–Crippen LogP) is 3.68. The highest BCUT2D eigenvalue weighted by Gasteiger charge is 2.39. The second kappa shape index (κ2) is 13.8. The number of hydrogen-bond acceptors (Lipinski definition) is 7. The minimum absolute atomic E-state index is 0.0791. The first-order valence-corrected chi connectivity index (χ1v) is 12.7. The maximum absolute atomic E-state index is 12.9. The van der Waals surface area contributed by atoms with Gasteiger partial charge in [0.15, 0.2) is 0 Å². The topological polar surface area (TPSA) is 158 Å². The van der Waals surface area contributed by atoms with Crippen LogP contribution in [0.2, 0.25) is 0 Å². The number of aliphatic carboxylic acids is 1. The number of amides is 3. The van der Waals surface area contributed by atoms with Crippen molar-refractivity contribution in [2.45, 2.75) is 33.1 Å². The number of carbonyl (C=O) groups is 4. The van der Waals surface area contributed by atoms with Crippen molar-refractivity contribution < 1.29 is 47.4 Å². The zero-order chi connectivity index (χ0) is 31.0. The number of para-hydroxylation sites is 1. The molecule has 2 aromatic carbocycles. The number of carboxylic acids is 1. The molecule has 2 atom stereocenters. The first-order chi connectivity index (χ1) is 19.8. The van der Waals surface area contributed by atoms with E-state index in [1.54, 1.807) is 29.7 Å². The number of aryl methyl sites for hydroxylation is 1. The van der Waals surface area contributed by atoms with E-state index in [0.29, 0.717) is 31.0 Å². The van der Waals surface area contributed by atoms with E-state index in [0.717, 1.165) is 22.2 Å². The number of carbonyl (C=O) groups excluding carboxylic acids is 3. The molecule has 0 radical (unpaired) electrons. The Morgan fingerprint density at radius 2 is 1.69 bits per heavy atom. The average Bonchev–Trinajstić information content (AvgIpc) is 2.95. The van der Waals surface area contributed by atoms with Gasteiger partial charge >= 0.3 is 12.1 Å². The molecular weight excluding hydrogens is 561 g/mol. The van der Waals surface area contributed by atoms with Crippen molar-refractivity contribution in [1.82, 2.24) is 15.4 Å². The number of rotatable bonds is 6. The number of carboxylic acid groups (broad SMARTS) is 1. The molecule has 4 rings (SSSR count). The van der Waals surface area contributed by atoms with E-state index in [9.17, 15) is 27.6 Å². The van der Waals surface area contributed by atoms with Gasteiger partial charge in [-0.25, -0.2) is 10.3 Å². The SMILES string of the molecule is CC(=O)N1CC[C@H](C(=O)Nc2ccc(OCc3cc(C)nc4ccccc34)cc2)[C@@H](C(=O)NO)C1.O=C(O)C(F)(F)F. The second-order valence-corrected chi connectivity index (χ2v) is 9.49. The Morgan fingerprint density at radius 3 is 2.29 bits per heavy atom. The smallest absolute Gasteiger partial charge is 0.489 e. The fourth-order valence-electron chi connectivity index (χ4n) is 4.45. The average molecular weight is 591 g/mol. The summed E-state index contributed by atoms with van der Waals surface area (Å²) in [4.78, 5) is 51.7. The van der Waals surface area contributed by atoms with Gasteiger partial charge in [-0.05, 0) is 49.7 Å². The van der Waals surface area contributed by atoms with Gasteiger partial charge in [0.25, 0.3) is 0 Å². The van der Waals surface area contributed by atoms with Crippen molar-refractivity contribution in [2.75, 3.05) is 18.4 Å². The van der Waals surface area contributed by atoms with Crippen LogP contribution in [0.15, 0.2) is 54.6 Å². The van der Waals surface area contributed by atoms with E-state index in [-0.39, 0.29) is 18.4 Å². The lowest BCUT2D eigenvalue weighted by Crippen LogP contribution is -2.51. The van der Waals surface area contributed by atoms with Crippen molar-refractivity contribution in [3.05, 3.63) is 65.9 Å². The lowest BCUT2D eigenvalue weighted by atomic mass is 9.84. The van der Waals surface area contributed by atoms with Gasteiger partial charge in [-0.15, -0.1) is 0 Å². The fourth-order valence-corrected chi connectivity index (χ4v) is 4.45. The molecular formula is C28H29F3N4O7. The minimum atomic E-state index is -5.08. The molecule has 1 fully saturated rings. The number of alkyl halides is 3. The molecule has 3 aromatic rings. The van der Waals surface area contributed by atoms with Gasteiger partial charge in [-0.1, -0.05) is 18.2 Å². The largest absolute Gasteiger partial charge is 0.490 e. The number of nitrogens with one attached hydrogen (secondary N) is 2. The van der Waals surface area contributed by atoms with Crippen LogP contribution in [0.1, 0.15) is 24.6 Å². The number of anilines is 1. The van der Waals surface area contributed by atoms with Crippen molar-refractivity contribution in [3.63, 3.8) is 0 Å². The number of hydrogen-bond donors (Lipinski definition) is 4. The maximum atomic E-state index is 12.9. The summed E-state index contributed by atoms with van der Waals surface area (Å²) in [5.41, 5.74) is 5.05. The molecule has 1 aliphatic rings. The number of fused-ring (bicyclic) bond motifs is 1. The number of pyridine rings is 1. The molecule has 1 aliphatic heterocycles. The molecule has 11 nitrogen and oxygen atoms in total.